The third-order valence-corrected chi connectivity index (χ3v) is 3.07. The maximum atomic E-state index is 12.7. The van der Waals surface area contributed by atoms with Crippen molar-refractivity contribution < 1.29 is 4.39 Å². The van der Waals surface area contributed by atoms with E-state index < -0.39 is 0 Å². The Morgan fingerprint density at radius 1 is 1.21 bits per heavy atom. The zero-order valence-corrected chi connectivity index (χ0v) is 8.57. The Bertz CT molecular complexity index is 425. The minimum absolute atomic E-state index is 0.222. The van der Waals surface area contributed by atoms with Gasteiger partial charge in [-0.1, -0.05) is 12.1 Å². The van der Waals surface area contributed by atoms with Gasteiger partial charge in [-0.15, -0.1) is 11.3 Å². The van der Waals surface area contributed by atoms with E-state index in [1.807, 2.05) is 12.3 Å². The Balaban J connectivity index is 2.54. The summed E-state index contributed by atoms with van der Waals surface area (Å²) >= 11 is 1.61. The number of benzene rings is 1. The number of thiophene rings is 1. The summed E-state index contributed by atoms with van der Waals surface area (Å²) in [5.41, 5.74) is 8.59. The first-order valence-corrected chi connectivity index (χ1v) is 5.16. The van der Waals surface area contributed by atoms with Crippen molar-refractivity contribution in [1.82, 2.24) is 0 Å². The monoisotopic (exact) mass is 207 g/mol. The second-order valence-corrected chi connectivity index (χ2v) is 4.21. The summed E-state index contributed by atoms with van der Waals surface area (Å²) in [6.45, 7) is 2.01. The standard InChI is InChI=1S/C11H10FNS/c1-7-11(10(13)6-14-7)8-2-4-9(12)5-3-8/h2-6H,13H2,1H3. The predicted octanol–water partition coefficient (Wildman–Crippen LogP) is 3.44. The van der Waals surface area contributed by atoms with Crippen molar-refractivity contribution >= 4 is 17.0 Å². The number of nitrogen functional groups attached to an aromatic ring is 1. The van der Waals surface area contributed by atoms with E-state index in [9.17, 15) is 4.39 Å². The molecular formula is C11H10FNS. The number of nitrogens with two attached hydrogens (primary N) is 1. The van der Waals surface area contributed by atoms with Gasteiger partial charge in [0.15, 0.2) is 0 Å². The largest absolute Gasteiger partial charge is 0.398 e. The normalized spacial score (nSPS) is 10.4. The number of rotatable bonds is 1. The van der Waals surface area contributed by atoms with Gasteiger partial charge in [-0.2, -0.15) is 0 Å². The van der Waals surface area contributed by atoms with E-state index in [1.165, 1.54) is 12.1 Å². The van der Waals surface area contributed by atoms with Crippen LogP contribution in [0.15, 0.2) is 29.6 Å². The van der Waals surface area contributed by atoms with Crippen LogP contribution in [-0.4, -0.2) is 0 Å². The van der Waals surface area contributed by atoms with E-state index >= 15 is 0 Å². The molecule has 0 bridgehead atoms. The minimum Gasteiger partial charge on any atom is -0.398 e. The fourth-order valence-corrected chi connectivity index (χ4v) is 2.23. The molecule has 0 unspecified atom stereocenters. The molecule has 1 heterocycles. The van der Waals surface area contributed by atoms with E-state index in [4.69, 9.17) is 5.73 Å². The van der Waals surface area contributed by atoms with Crippen LogP contribution in [0, 0.1) is 12.7 Å². The zero-order valence-electron chi connectivity index (χ0n) is 7.75. The van der Waals surface area contributed by atoms with Crippen molar-refractivity contribution in [3.63, 3.8) is 0 Å². The lowest BCUT2D eigenvalue weighted by Crippen LogP contribution is -1.86. The number of anilines is 1. The fraction of sp³-hybridized carbons (Fsp3) is 0.0909. The molecule has 0 fully saturated rings. The molecule has 14 heavy (non-hydrogen) atoms. The van der Waals surface area contributed by atoms with E-state index in [0.717, 1.165) is 21.7 Å². The van der Waals surface area contributed by atoms with Gasteiger partial charge in [-0.05, 0) is 24.6 Å². The van der Waals surface area contributed by atoms with E-state index in [-0.39, 0.29) is 5.82 Å². The molecule has 0 aliphatic rings. The molecule has 2 rings (SSSR count). The molecule has 72 valence electrons. The van der Waals surface area contributed by atoms with Crippen LogP contribution >= 0.6 is 11.3 Å². The lowest BCUT2D eigenvalue weighted by Gasteiger charge is -2.01. The average Bonchev–Trinajstić information content (AvgIpc) is 2.49. The number of hydrogen-bond donors (Lipinski definition) is 1. The summed E-state index contributed by atoms with van der Waals surface area (Å²) in [6.07, 6.45) is 0. The lowest BCUT2D eigenvalue weighted by molar-refractivity contribution is 0.628. The highest BCUT2D eigenvalue weighted by molar-refractivity contribution is 7.11. The number of hydrogen-bond acceptors (Lipinski definition) is 2. The van der Waals surface area contributed by atoms with E-state index in [0.29, 0.717) is 0 Å². The SMILES string of the molecule is Cc1scc(N)c1-c1ccc(F)cc1. The van der Waals surface area contributed by atoms with Crippen LogP contribution in [-0.2, 0) is 0 Å². The molecule has 2 N–H and O–H groups in total. The van der Waals surface area contributed by atoms with Gasteiger partial charge >= 0.3 is 0 Å². The second kappa shape index (κ2) is 3.42. The van der Waals surface area contributed by atoms with E-state index in [2.05, 4.69) is 0 Å². The molecular weight excluding hydrogens is 197 g/mol. The van der Waals surface area contributed by atoms with Gasteiger partial charge in [0.05, 0.1) is 5.69 Å². The first kappa shape index (κ1) is 9.21. The Morgan fingerprint density at radius 2 is 1.86 bits per heavy atom. The molecule has 0 saturated heterocycles. The van der Waals surface area contributed by atoms with Gasteiger partial charge in [-0.3, -0.25) is 0 Å². The van der Waals surface area contributed by atoms with Crippen LogP contribution in [0.25, 0.3) is 11.1 Å². The minimum atomic E-state index is -0.222. The molecule has 1 aromatic heterocycles. The van der Waals surface area contributed by atoms with Crippen molar-refractivity contribution in [1.29, 1.82) is 0 Å². The van der Waals surface area contributed by atoms with Crippen LogP contribution < -0.4 is 5.73 Å². The highest BCUT2D eigenvalue weighted by atomic mass is 32.1. The Morgan fingerprint density at radius 3 is 2.36 bits per heavy atom. The molecule has 0 aliphatic heterocycles. The fourth-order valence-electron chi connectivity index (χ4n) is 1.46. The molecule has 2 aromatic rings. The third kappa shape index (κ3) is 1.51. The van der Waals surface area contributed by atoms with Crippen LogP contribution in [0.1, 0.15) is 4.88 Å². The zero-order chi connectivity index (χ0) is 10.1. The van der Waals surface area contributed by atoms with Crippen LogP contribution in [0.5, 0.6) is 0 Å². The number of aryl methyl sites for hydroxylation is 1. The molecule has 0 spiro atoms. The van der Waals surface area contributed by atoms with Gasteiger partial charge in [-0.25, -0.2) is 4.39 Å². The van der Waals surface area contributed by atoms with Crippen LogP contribution in [0.3, 0.4) is 0 Å². The Hall–Kier alpha value is -1.35. The van der Waals surface area contributed by atoms with Gasteiger partial charge < -0.3 is 5.73 Å². The molecule has 0 saturated carbocycles. The van der Waals surface area contributed by atoms with Gasteiger partial charge in [0.1, 0.15) is 5.82 Å². The van der Waals surface area contributed by atoms with Crippen LogP contribution in [0.2, 0.25) is 0 Å². The van der Waals surface area contributed by atoms with Gasteiger partial charge in [0.25, 0.3) is 0 Å². The number of halogens is 1. The summed E-state index contributed by atoms with van der Waals surface area (Å²) < 4.78 is 12.7. The highest BCUT2D eigenvalue weighted by Gasteiger charge is 2.07. The average molecular weight is 207 g/mol. The van der Waals surface area contributed by atoms with Crippen molar-refractivity contribution in [2.24, 2.45) is 0 Å². The smallest absolute Gasteiger partial charge is 0.123 e. The Labute approximate surface area is 86.0 Å². The molecule has 3 heteroatoms. The first-order chi connectivity index (χ1) is 6.68. The quantitative estimate of drug-likeness (QED) is 0.761. The molecule has 0 atom stereocenters. The van der Waals surface area contributed by atoms with Crippen molar-refractivity contribution in [2.45, 2.75) is 6.92 Å². The van der Waals surface area contributed by atoms with Crippen LogP contribution in [0.4, 0.5) is 10.1 Å². The predicted molar refractivity (Wildman–Crippen MR) is 58.9 cm³/mol. The first-order valence-electron chi connectivity index (χ1n) is 4.28. The third-order valence-electron chi connectivity index (χ3n) is 2.14. The maximum Gasteiger partial charge on any atom is 0.123 e. The Kier molecular flexibility index (Phi) is 2.25. The second-order valence-electron chi connectivity index (χ2n) is 3.13. The highest BCUT2D eigenvalue weighted by Crippen LogP contribution is 2.33. The van der Waals surface area contributed by atoms with Gasteiger partial charge in [0, 0.05) is 15.8 Å². The lowest BCUT2D eigenvalue weighted by atomic mass is 10.1. The van der Waals surface area contributed by atoms with E-state index in [1.54, 1.807) is 23.5 Å². The molecule has 0 aliphatic carbocycles. The van der Waals surface area contributed by atoms with Crippen molar-refractivity contribution in [2.75, 3.05) is 5.73 Å². The maximum absolute atomic E-state index is 12.7. The van der Waals surface area contributed by atoms with Crippen molar-refractivity contribution in [3.8, 4) is 11.1 Å². The van der Waals surface area contributed by atoms with Gasteiger partial charge in [0.2, 0.25) is 0 Å². The summed E-state index contributed by atoms with van der Waals surface area (Å²) in [4.78, 5) is 1.16. The summed E-state index contributed by atoms with van der Waals surface area (Å²) in [5, 5.41) is 1.91. The topological polar surface area (TPSA) is 26.0 Å². The molecule has 1 nitrogen and oxygen atoms in total. The summed E-state index contributed by atoms with van der Waals surface area (Å²) in [6, 6.07) is 6.40. The van der Waals surface area contributed by atoms with Crippen molar-refractivity contribution in [3.05, 3.63) is 40.3 Å². The summed E-state index contributed by atoms with van der Waals surface area (Å²) in [7, 11) is 0. The molecule has 1 aromatic carbocycles. The summed E-state index contributed by atoms with van der Waals surface area (Å²) in [5.74, 6) is -0.222. The molecule has 0 amide bonds. The molecule has 0 radical (unpaired) electrons.